The number of carbonyl (C=O) groups is 1. The highest BCUT2D eigenvalue weighted by molar-refractivity contribution is 7.07. The molecule has 2 aromatic carbocycles. The molecule has 3 aromatic rings. The Bertz CT molecular complexity index is 1170. The highest BCUT2D eigenvalue weighted by Crippen LogP contribution is 2.24. The van der Waals surface area contributed by atoms with Gasteiger partial charge in [0.05, 0.1) is 9.20 Å². The van der Waals surface area contributed by atoms with Crippen molar-refractivity contribution in [2.24, 2.45) is 5.41 Å². The van der Waals surface area contributed by atoms with E-state index in [4.69, 9.17) is 16.3 Å². The van der Waals surface area contributed by atoms with Gasteiger partial charge in [-0.2, -0.15) is 0 Å². The summed E-state index contributed by atoms with van der Waals surface area (Å²) in [6, 6.07) is 14.5. The van der Waals surface area contributed by atoms with Crippen LogP contribution in [-0.2, 0) is 4.79 Å². The lowest BCUT2D eigenvalue weighted by atomic mass is 9.91. The van der Waals surface area contributed by atoms with Crippen molar-refractivity contribution in [1.29, 1.82) is 0 Å². The molecule has 0 bridgehead atoms. The molecule has 0 saturated carbocycles. The number of benzene rings is 2. The molecule has 1 aromatic heterocycles. The zero-order valence-corrected chi connectivity index (χ0v) is 17.4. The highest BCUT2D eigenvalue weighted by Gasteiger charge is 2.18. The van der Waals surface area contributed by atoms with E-state index in [1.54, 1.807) is 30.3 Å². The van der Waals surface area contributed by atoms with Gasteiger partial charge < -0.3 is 9.72 Å². The quantitative estimate of drug-likeness (QED) is 0.700. The van der Waals surface area contributed by atoms with Crippen molar-refractivity contribution in [3.8, 4) is 11.5 Å². The lowest BCUT2D eigenvalue weighted by Gasteiger charge is -2.12. The van der Waals surface area contributed by atoms with Gasteiger partial charge in [0.25, 0.3) is 5.56 Å². The van der Waals surface area contributed by atoms with Crippen LogP contribution in [0, 0.1) is 5.41 Å². The Morgan fingerprint density at radius 1 is 1.11 bits per heavy atom. The summed E-state index contributed by atoms with van der Waals surface area (Å²) in [5.41, 5.74) is 0.118. The molecule has 0 radical (unpaired) electrons. The van der Waals surface area contributed by atoms with Gasteiger partial charge in [0.1, 0.15) is 11.5 Å². The van der Waals surface area contributed by atoms with Crippen LogP contribution in [0.4, 0.5) is 0 Å². The van der Waals surface area contributed by atoms with E-state index >= 15 is 0 Å². The standard InChI is InChI=1S/C22H20ClNO3S/c1-22(2,3)19(25)13-20-24-21(26)18(28-20)12-14-5-4-6-17(11-14)27-16-9-7-15(23)8-10-16/h4-13H,1-3H3,(H,24,26)/b18-12+,20-13+. The van der Waals surface area contributed by atoms with Crippen molar-refractivity contribution < 1.29 is 9.53 Å². The van der Waals surface area contributed by atoms with Gasteiger partial charge in [-0.1, -0.05) is 44.5 Å². The van der Waals surface area contributed by atoms with Crippen molar-refractivity contribution in [2.75, 3.05) is 0 Å². The van der Waals surface area contributed by atoms with Crippen LogP contribution in [0.25, 0.3) is 12.2 Å². The number of Topliss-reactive ketones (excluding diaryl/α,β-unsaturated/α-hetero) is 1. The van der Waals surface area contributed by atoms with Crippen molar-refractivity contribution in [2.45, 2.75) is 20.8 Å². The number of aromatic nitrogens is 1. The van der Waals surface area contributed by atoms with Gasteiger partial charge in [-0.3, -0.25) is 9.59 Å². The number of hydrogen-bond donors (Lipinski definition) is 1. The van der Waals surface area contributed by atoms with E-state index in [1.807, 2.05) is 45.0 Å². The number of rotatable bonds is 4. The van der Waals surface area contributed by atoms with E-state index in [9.17, 15) is 9.59 Å². The molecule has 28 heavy (non-hydrogen) atoms. The van der Waals surface area contributed by atoms with Gasteiger partial charge in [0, 0.05) is 16.5 Å². The fourth-order valence-corrected chi connectivity index (χ4v) is 3.33. The first kappa shape index (κ1) is 20.1. The highest BCUT2D eigenvalue weighted by atomic mass is 35.5. The Kier molecular flexibility index (Phi) is 5.87. The SMILES string of the molecule is CC(C)(C)C(=O)/C=c1\[nH]c(=O)/c(=C\c2cccc(Oc3ccc(Cl)cc3)c2)s1. The minimum absolute atomic E-state index is 0.0325. The van der Waals surface area contributed by atoms with Crippen LogP contribution in [0.2, 0.25) is 5.02 Å². The molecule has 3 rings (SSSR count). The molecule has 0 amide bonds. The normalized spacial score (nSPS) is 13.0. The summed E-state index contributed by atoms with van der Waals surface area (Å²) in [4.78, 5) is 27.1. The second-order valence-corrected chi connectivity index (χ2v) is 8.84. The van der Waals surface area contributed by atoms with Crippen molar-refractivity contribution >= 4 is 40.9 Å². The molecule has 4 nitrogen and oxygen atoms in total. The largest absolute Gasteiger partial charge is 0.457 e. The molecule has 1 N–H and O–H groups in total. The number of ketones is 1. The zero-order chi connectivity index (χ0) is 20.3. The number of hydrogen-bond acceptors (Lipinski definition) is 4. The van der Waals surface area contributed by atoms with E-state index in [1.165, 1.54) is 17.4 Å². The van der Waals surface area contributed by atoms with E-state index < -0.39 is 5.41 Å². The van der Waals surface area contributed by atoms with Gasteiger partial charge >= 0.3 is 0 Å². The minimum atomic E-state index is -0.488. The van der Waals surface area contributed by atoms with E-state index in [2.05, 4.69) is 4.98 Å². The zero-order valence-electron chi connectivity index (χ0n) is 15.8. The summed E-state index contributed by atoms with van der Waals surface area (Å²) < 4.78 is 6.90. The third kappa shape index (κ3) is 5.21. The fourth-order valence-electron chi connectivity index (χ4n) is 2.32. The maximum absolute atomic E-state index is 12.2. The molecule has 6 heteroatoms. The molecule has 0 spiro atoms. The summed E-state index contributed by atoms with van der Waals surface area (Å²) in [7, 11) is 0. The Morgan fingerprint density at radius 2 is 1.82 bits per heavy atom. The summed E-state index contributed by atoms with van der Waals surface area (Å²) >= 11 is 7.14. The predicted molar refractivity (Wildman–Crippen MR) is 115 cm³/mol. The van der Waals surface area contributed by atoms with E-state index in [0.29, 0.717) is 25.7 Å². The topological polar surface area (TPSA) is 59.2 Å². The molecule has 0 fully saturated rings. The fraction of sp³-hybridized carbons (Fsp3) is 0.182. The third-order valence-corrected chi connectivity index (χ3v) is 5.10. The molecule has 0 unspecified atom stereocenters. The first-order valence-corrected chi connectivity index (χ1v) is 9.91. The molecular formula is C22H20ClNO3S. The van der Waals surface area contributed by atoms with Gasteiger partial charge in [0.2, 0.25) is 0 Å². The van der Waals surface area contributed by atoms with Gasteiger partial charge in [-0.05, 0) is 48.0 Å². The Balaban J connectivity index is 1.90. The number of thiazole rings is 1. The molecular weight excluding hydrogens is 394 g/mol. The Morgan fingerprint density at radius 3 is 2.50 bits per heavy atom. The van der Waals surface area contributed by atoms with Crippen molar-refractivity contribution in [1.82, 2.24) is 4.98 Å². The second kappa shape index (κ2) is 8.17. The maximum atomic E-state index is 12.2. The second-order valence-electron chi connectivity index (χ2n) is 7.32. The van der Waals surface area contributed by atoms with Crippen molar-refractivity contribution in [3.05, 3.63) is 78.7 Å². The number of ether oxygens (including phenoxy) is 1. The smallest absolute Gasteiger partial charge is 0.266 e. The average Bonchev–Trinajstić information content (AvgIpc) is 2.95. The first-order valence-electron chi connectivity index (χ1n) is 8.71. The van der Waals surface area contributed by atoms with Crippen LogP contribution >= 0.6 is 22.9 Å². The monoisotopic (exact) mass is 413 g/mol. The number of nitrogens with one attached hydrogen (secondary N) is 1. The summed E-state index contributed by atoms with van der Waals surface area (Å²) in [6.45, 7) is 5.53. The number of halogens is 1. The average molecular weight is 414 g/mol. The molecule has 0 saturated heterocycles. The van der Waals surface area contributed by atoms with Crippen LogP contribution in [-0.4, -0.2) is 10.8 Å². The molecule has 0 aliphatic rings. The van der Waals surface area contributed by atoms with Crippen LogP contribution in [0.5, 0.6) is 11.5 Å². The summed E-state index contributed by atoms with van der Waals surface area (Å²) in [6.07, 6.45) is 3.26. The molecule has 144 valence electrons. The van der Waals surface area contributed by atoms with E-state index in [-0.39, 0.29) is 11.3 Å². The Labute approximate surface area is 171 Å². The lowest BCUT2D eigenvalue weighted by Crippen LogP contribution is -2.22. The number of aromatic amines is 1. The van der Waals surface area contributed by atoms with Gasteiger partial charge in [-0.25, -0.2) is 0 Å². The van der Waals surface area contributed by atoms with Crippen LogP contribution in [0.15, 0.2) is 53.3 Å². The Hall–Kier alpha value is -2.63. The van der Waals surface area contributed by atoms with Gasteiger partial charge in [-0.15, -0.1) is 11.3 Å². The maximum Gasteiger partial charge on any atom is 0.266 e. The number of H-pyrrole nitrogens is 1. The van der Waals surface area contributed by atoms with Crippen LogP contribution < -0.4 is 19.5 Å². The van der Waals surface area contributed by atoms with Crippen LogP contribution in [0.3, 0.4) is 0 Å². The molecule has 1 heterocycles. The van der Waals surface area contributed by atoms with Crippen molar-refractivity contribution in [3.63, 3.8) is 0 Å². The first-order chi connectivity index (χ1) is 13.2. The van der Waals surface area contributed by atoms with Crippen LogP contribution in [0.1, 0.15) is 26.3 Å². The van der Waals surface area contributed by atoms with Gasteiger partial charge in [0.15, 0.2) is 5.78 Å². The third-order valence-electron chi connectivity index (χ3n) is 3.89. The summed E-state index contributed by atoms with van der Waals surface area (Å²) in [5, 5.41) is 0.643. The molecule has 0 aliphatic carbocycles. The summed E-state index contributed by atoms with van der Waals surface area (Å²) in [5.74, 6) is 1.29. The minimum Gasteiger partial charge on any atom is -0.457 e. The number of carbonyl (C=O) groups excluding carboxylic acids is 1. The lowest BCUT2D eigenvalue weighted by molar-refractivity contribution is -0.119. The molecule has 0 atom stereocenters. The van der Waals surface area contributed by atoms with E-state index in [0.717, 1.165) is 5.56 Å². The predicted octanol–water partition coefficient (Wildman–Crippen LogP) is 4.11. The molecule has 0 aliphatic heterocycles.